The van der Waals surface area contributed by atoms with Crippen LogP contribution in [0.4, 0.5) is 0 Å². The van der Waals surface area contributed by atoms with Crippen molar-refractivity contribution in [3.8, 4) is 23.7 Å². The number of hydrogen-bond donors (Lipinski definition) is 2. The lowest BCUT2D eigenvalue weighted by Gasteiger charge is -1.98. The minimum Gasteiger partial charge on any atom is -0.380 e. The number of unbranched alkanes of at least 4 members (excludes halogenated alkanes) is 1. The highest BCUT2D eigenvalue weighted by Gasteiger charge is 1.95. The van der Waals surface area contributed by atoms with E-state index >= 15 is 0 Å². The van der Waals surface area contributed by atoms with Gasteiger partial charge in [-0.3, -0.25) is 4.57 Å². The molecule has 0 aliphatic rings. The van der Waals surface area contributed by atoms with Crippen LogP contribution >= 0.6 is 8.03 Å². The van der Waals surface area contributed by atoms with Crippen molar-refractivity contribution in [1.82, 2.24) is 0 Å². The van der Waals surface area contributed by atoms with Gasteiger partial charge in [0.15, 0.2) is 0 Å². The Kier molecular flexibility index (Phi) is 9.33. The highest BCUT2D eigenvalue weighted by Crippen LogP contribution is 2.09. The summed E-state index contributed by atoms with van der Waals surface area (Å²) in [6, 6.07) is 0. The molecule has 15 heavy (non-hydrogen) atoms. The summed E-state index contributed by atoms with van der Waals surface area (Å²) in [5.41, 5.74) is 0. The molecule has 0 aromatic heterocycles. The Morgan fingerprint density at radius 3 is 2.67 bits per heavy atom. The summed E-state index contributed by atoms with van der Waals surface area (Å²) in [6.07, 6.45) is 2.52. The predicted octanol–water partition coefficient (Wildman–Crippen LogP) is 1.40. The third-order valence-electron chi connectivity index (χ3n) is 1.64. The van der Waals surface area contributed by atoms with Gasteiger partial charge in [0, 0.05) is 0 Å². The van der Waals surface area contributed by atoms with Crippen LogP contribution in [0.25, 0.3) is 0 Å². The maximum Gasteiger partial charge on any atom is 0.200 e. The van der Waals surface area contributed by atoms with Crippen molar-refractivity contribution in [2.24, 2.45) is 0 Å². The van der Waals surface area contributed by atoms with Crippen LogP contribution in [0.3, 0.4) is 0 Å². The van der Waals surface area contributed by atoms with E-state index in [1.165, 1.54) is 0 Å². The largest absolute Gasteiger partial charge is 0.380 e. The summed E-state index contributed by atoms with van der Waals surface area (Å²) in [7, 11) is -2.47. The lowest BCUT2D eigenvalue weighted by molar-refractivity contribution is 0.218. The molecule has 84 valence electrons. The van der Waals surface area contributed by atoms with Gasteiger partial charge in [0.05, 0.1) is 12.6 Å². The second-order valence-corrected chi connectivity index (χ2v) is 4.22. The fourth-order valence-electron chi connectivity index (χ4n) is 0.883. The number of hydrogen-bond acceptors (Lipinski definition) is 2. The topological polar surface area (TPSA) is 57.5 Å². The lowest BCUT2D eigenvalue weighted by atomic mass is 10.2. The molecule has 0 aromatic rings. The van der Waals surface area contributed by atoms with E-state index in [9.17, 15) is 9.67 Å². The van der Waals surface area contributed by atoms with Crippen LogP contribution in [-0.4, -0.2) is 22.3 Å². The van der Waals surface area contributed by atoms with Crippen molar-refractivity contribution in [1.29, 1.82) is 0 Å². The first kappa shape index (κ1) is 14.3. The van der Waals surface area contributed by atoms with Crippen molar-refractivity contribution in [2.45, 2.75) is 38.7 Å². The smallest absolute Gasteiger partial charge is 0.200 e. The molecular formula is C11H17O3P. The normalized spacial score (nSPS) is 13.0. The first-order valence-electron chi connectivity index (χ1n) is 5.00. The maximum absolute atomic E-state index is 10.3. The number of aliphatic hydroxyl groups excluding tert-OH is 1. The summed E-state index contributed by atoms with van der Waals surface area (Å²) < 4.78 is 10.3. The Labute approximate surface area is 91.8 Å². The molecule has 0 spiro atoms. The minimum absolute atomic E-state index is 0.0325. The molecule has 0 heterocycles. The zero-order valence-electron chi connectivity index (χ0n) is 8.92. The number of rotatable bonds is 4. The highest BCUT2D eigenvalue weighted by molar-refractivity contribution is 7.38. The Hall–Kier alpha value is -0.730. The van der Waals surface area contributed by atoms with Crippen LogP contribution < -0.4 is 0 Å². The van der Waals surface area contributed by atoms with E-state index in [0.29, 0.717) is 12.8 Å². The van der Waals surface area contributed by atoms with Crippen LogP contribution in [-0.2, 0) is 4.57 Å². The SMILES string of the molecule is CCCC[C@@H](O)C#CCC#CC[PH](=O)O. The Morgan fingerprint density at radius 2 is 2.07 bits per heavy atom. The zero-order valence-corrected chi connectivity index (χ0v) is 9.92. The zero-order chi connectivity index (χ0) is 11.5. The average molecular weight is 228 g/mol. The van der Waals surface area contributed by atoms with Crippen LogP contribution in [0.15, 0.2) is 0 Å². The van der Waals surface area contributed by atoms with E-state index in [1.54, 1.807) is 0 Å². The molecule has 2 N–H and O–H groups in total. The van der Waals surface area contributed by atoms with E-state index in [0.717, 1.165) is 12.8 Å². The van der Waals surface area contributed by atoms with Gasteiger partial charge >= 0.3 is 0 Å². The molecule has 0 rings (SSSR count). The van der Waals surface area contributed by atoms with E-state index in [4.69, 9.17) is 4.89 Å². The monoisotopic (exact) mass is 228 g/mol. The Morgan fingerprint density at radius 1 is 1.33 bits per heavy atom. The van der Waals surface area contributed by atoms with Crippen molar-refractivity contribution < 1.29 is 14.6 Å². The fraction of sp³-hybridized carbons (Fsp3) is 0.636. The van der Waals surface area contributed by atoms with Crippen LogP contribution in [0, 0.1) is 23.7 Å². The molecular weight excluding hydrogens is 211 g/mol. The molecule has 0 radical (unpaired) electrons. The number of aliphatic hydroxyl groups is 1. The van der Waals surface area contributed by atoms with E-state index in [-0.39, 0.29) is 6.16 Å². The van der Waals surface area contributed by atoms with Gasteiger partial charge in [-0.05, 0) is 6.42 Å². The first-order chi connectivity index (χ1) is 7.16. The molecule has 0 aliphatic heterocycles. The summed E-state index contributed by atoms with van der Waals surface area (Å²) in [5.74, 6) is 10.6. The molecule has 0 aromatic carbocycles. The van der Waals surface area contributed by atoms with Gasteiger partial charge < -0.3 is 10.00 Å². The summed E-state index contributed by atoms with van der Waals surface area (Å²) in [5, 5.41) is 9.32. The van der Waals surface area contributed by atoms with Crippen molar-refractivity contribution in [3.05, 3.63) is 0 Å². The highest BCUT2D eigenvalue weighted by atomic mass is 31.1. The predicted molar refractivity (Wildman–Crippen MR) is 61.8 cm³/mol. The van der Waals surface area contributed by atoms with E-state index < -0.39 is 14.1 Å². The summed E-state index contributed by atoms with van der Waals surface area (Å²) in [4.78, 5) is 8.46. The van der Waals surface area contributed by atoms with Crippen LogP contribution in [0.5, 0.6) is 0 Å². The minimum atomic E-state index is -2.47. The average Bonchev–Trinajstić information content (AvgIpc) is 2.19. The Balaban J connectivity index is 3.68. The third kappa shape index (κ3) is 11.2. The van der Waals surface area contributed by atoms with Gasteiger partial charge in [-0.2, -0.15) is 0 Å². The molecule has 3 nitrogen and oxygen atoms in total. The second kappa shape index (κ2) is 9.81. The second-order valence-electron chi connectivity index (χ2n) is 3.08. The van der Waals surface area contributed by atoms with Crippen molar-refractivity contribution in [2.75, 3.05) is 6.16 Å². The van der Waals surface area contributed by atoms with Gasteiger partial charge in [0.2, 0.25) is 8.03 Å². The van der Waals surface area contributed by atoms with Crippen LogP contribution in [0.2, 0.25) is 0 Å². The molecule has 4 heteroatoms. The van der Waals surface area contributed by atoms with Gasteiger partial charge in [0.25, 0.3) is 0 Å². The fourth-order valence-corrected chi connectivity index (χ4v) is 1.16. The van der Waals surface area contributed by atoms with Gasteiger partial charge in [0.1, 0.15) is 6.10 Å². The quantitative estimate of drug-likeness (QED) is 0.565. The standard InChI is InChI=1S/C11H17O3P/c1-2-3-8-11(12)9-6-4-5-7-10-15(13)14/h11-12,15H,2-4,8,10H2,1H3,(H,13,14)/t11-/m1/s1. The van der Waals surface area contributed by atoms with Crippen molar-refractivity contribution >= 4 is 8.03 Å². The molecule has 0 saturated heterocycles. The van der Waals surface area contributed by atoms with E-state index in [2.05, 4.69) is 30.6 Å². The molecule has 2 atom stereocenters. The van der Waals surface area contributed by atoms with Gasteiger partial charge in [-0.25, -0.2) is 0 Å². The van der Waals surface area contributed by atoms with Gasteiger partial charge in [-0.15, -0.1) is 0 Å². The van der Waals surface area contributed by atoms with Gasteiger partial charge in [-0.1, -0.05) is 43.4 Å². The molecule has 0 fully saturated rings. The van der Waals surface area contributed by atoms with Crippen LogP contribution in [0.1, 0.15) is 32.6 Å². The molecule has 0 amide bonds. The summed E-state index contributed by atoms with van der Waals surface area (Å²) >= 11 is 0. The summed E-state index contributed by atoms with van der Waals surface area (Å²) in [6.45, 7) is 2.06. The first-order valence-corrected chi connectivity index (χ1v) is 6.57. The molecule has 0 bridgehead atoms. The van der Waals surface area contributed by atoms with E-state index in [1.807, 2.05) is 0 Å². The lowest BCUT2D eigenvalue weighted by Crippen LogP contribution is -2.01. The Bertz CT molecular complexity index is 303. The maximum atomic E-state index is 10.3. The molecule has 0 saturated carbocycles. The third-order valence-corrected chi connectivity index (χ3v) is 2.12. The molecule has 1 unspecified atom stereocenters. The molecule has 0 aliphatic carbocycles. The van der Waals surface area contributed by atoms with Crippen molar-refractivity contribution in [3.63, 3.8) is 0 Å².